The Morgan fingerprint density at radius 3 is 2.67 bits per heavy atom. The Morgan fingerprint density at radius 1 is 1.52 bits per heavy atom. The second-order valence-electron chi connectivity index (χ2n) is 4.68. The van der Waals surface area contributed by atoms with Gasteiger partial charge in [-0.15, -0.1) is 0 Å². The summed E-state index contributed by atoms with van der Waals surface area (Å²) in [6.45, 7) is -1.10. The Hall–Kier alpha value is -2.39. The lowest BCUT2D eigenvalue weighted by Gasteiger charge is -2.27. The average molecular weight is 305 g/mol. The van der Waals surface area contributed by atoms with Crippen molar-refractivity contribution >= 4 is 17.3 Å². The zero-order valence-corrected chi connectivity index (χ0v) is 10.5. The number of carboxylic acid groups (broad SMARTS) is 1. The molecule has 7 nitrogen and oxygen atoms in total. The number of hydrogen-bond acceptors (Lipinski definition) is 5. The molecule has 0 saturated carbocycles. The maximum absolute atomic E-state index is 13.1. The molecule has 1 fully saturated rings. The summed E-state index contributed by atoms with van der Waals surface area (Å²) in [5.41, 5.74) is -3.44. The number of aliphatic carboxylic acids is 1. The van der Waals surface area contributed by atoms with Crippen LogP contribution in [0.15, 0.2) is 18.5 Å². The number of aromatic nitrogens is 1. The van der Waals surface area contributed by atoms with Crippen LogP contribution in [0.1, 0.15) is 6.42 Å². The van der Waals surface area contributed by atoms with Gasteiger partial charge in [0.1, 0.15) is 11.9 Å². The van der Waals surface area contributed by atoms with E-state index in [2.05, 4.69) is 4.98 Å². The van der Waals surface area contributed by atoms with E-state index in [0.29, 0.717) is 0 Å². The van der Waals surface area contributed by atoms with Gasteiger partial charge in [0.05, 0.1) is 4.92 Å². The van der Waals surface area contributed by atoms with E-state index in [9.17, 15) is 28.1 Å². The highest BCUT2D eigenvalue weighted by Crippen LogP contribution is 2.47. The van der Waals surface area contributed by atoms with Gasteiger partial charge in [-0.2, -0.15) is 13.2 Å². The minimum absolute atomic E-state index is 0.0672. The average Bonchev–Trinajstić information content (AvgIpc) is 2.84. The second kappa shape index (κ2) is 4.86. The van der Waals surface area contributed by atoms with Crippen molar-refractivity contribution in [2.75, 3.05) is 18.0 Å². The smallest absolute Gasteiger partial charge is 0.406 e. The maximum Gasteiger partial charge on any atom is 0.406 e. The highest BCUT2D eigenvalue weighted by atomic mass is 19.4. The fourth-order valence-corrected chi connectivity index (χ4v) is 2.33. The van der Waals surface area contributed by atoms with Crippen LogP contribution in [0.2, 0.25) is 0 Å². The molecule has 1 aliphatic rings. The van der Waals surface area contributed by atoms with E-state index >= 15 is 0 Å². The van der Waals surface area contributed by atoms with Gasteiger partial charge in [-0.3, -0.25) is 19.9 Å². The molecule has 114 valence electrons. The number of alkyl halides is 3. The minimum atomic E-state index is -4.94. The maximum atomic E-state index is 13.1. The molecule has 1 saturated heterocycles. The van der Waals surface area contributed by atoms with Gasteiger partial charge in [0.15, 0.2) is 5.41 Å². The van der Waals surface area contributed by atoms with E-state index in [1.807, 2.05) is 0 Å². The quantitative estimate of drug-likeness (QED) is 0.676. The molecule has 21 heavy (non-hydrogen) atoms. The molecular formula is C11H10F3N3O4. The van der Waals surface area contributed by atoms with Crippen molar-refractivity contribution in [3.63, 3.8) is 0 Å². The summed E-state index contributed by atoms with van der Waals surface area (Å²) in [5.74, 6) is -1.98. The second-order valence-corrected chi connectivity index (χ2v) is 4.68. The van der Waals surface area contributed by atoms with Crippen molar-refractivity contribution in [3.05, 3.63) is 28.6 Å². The van der Waals surface area contributed by atoms with Crippen molar-refractivity contribution in [2.45, 2.75) is 12.6 Å². The highest BCUT2D eigenvalue weighted by molar-refractivity contribution is 5.78. The topological polar surface area (TPSA) is 96.6 Å². The lowest BCUT2D eigenvalue weighted by molar-refractivity contribution is -0.384. The van der Waals surface area contributed by atoms with Crippen molar-refractivity contribution < 1.29 is 28.0 Å². The number of carboxylic acids is 1. The molecule has 0 radical (unpaired) electrons. The van der Waals surface area contributed by atoms with Gasteiger partial charge in [-0.25, -0.2) is 0 Å². The Kier molecular flexibility index (Phi) is 3.47. The molecule has 1 N–H and O–H groups in total. The van der Waals surface area contributed by atoms with Crippen molar-refractivity contribution in [2.24, 2.45) is 5.41 Å². The summed E-state index contributed by atoms with van der Waals surface area (Å²) in [4.78, 5) is 25.8. The van der Waals surface area contributed by atoms with Crippen LogP contribution in [0.4, 0.5) is 24.5 Å². The molecule has 0 aromatic carbocycles. The first kappa shape index (κ1) is 15.0. The van der Waals surface area contributed by atoms with E-state index in [1.54, 1.807) is 0 Å². The summed E-state index contributed by atoms with van der Waals surface area (Å²) in [6, 6.07) is 1.20. The molecule has 2 rings (SSSR count). The van der Waals surface area contributed by atoms with Crippen LogP contribution < -0.4 is 4.90 Å². The first-order chi connectivity index (χ1) is 9.69. The predicted molar refractivity (Wildman–Crippen MR) is 63.8 cm³/mol. The standard InChI is InChI=1S/C11H10F3N3O4/c12-11(13,14)10(9(18)19)2-4-16(6-10)7-1-3-15-5-8(7)17(20)21/h1,3,5H,2,4,6H2,(H,18,19). The number of anilines is 1. The SMILES string of the molecule is O=C(O)C1(C(F)(F)F)CCN(c2ccncc2[N+](=O)[O-])C1. The molecule has 1 aliphatic heterocycles. The monoisotopic (exact) mass is 305 g/mol. The zero-order valence-electron chi connectivity index (χ0n) is 10.5. The summed E-state index contributed by atoms with van der Waals surface area (Å²) >= 11 is 0. The van der Waals surface area contributed by atoms with Crippen molar-refractivity contribution in [3.8, 4) is 0 Å². The Bertz CT molecular complexity index is 592. The summed E-state index contributed by atoms with van der Waals surface area (Å²) in [7, 11) is 0. The van der Waals surface area contributed by atoms with E-state index in [-0.39, 0.29) is 12.2 Å². The minimum Gasteiger partial charge on any atom is -0.481 e. The highest BCUT2D eigenvalue weighted by Gasteiger charge is 2.64. The number of halogens is 3. The van der Waals surface area contributed by atoms with Gasteiger partial charge in [-0.05, 0) is 12.5 Å². The van der Waals surface area contributed by atoms with Gasteiger partial charge < -0.3 is 10.0 Å². The molecule has 1 unspecified atom stereocenters. The summed E-state index contributed by atoms with van der Waals surface area (Å²) in [6.07, 6.45) is -3.47. The molecular weight excluding hydrogens is 295 g/mol. The molecule has 0 bridgehead atoms. The van der Waals surface area contributed by atoms with Crippen LogP contribution in [0, 0.1) is 15.5 Å². The normalized spacial score (nSPS) is 22.3. The van der Waals surface area contributed by atoms with Gasteiger partial charge >= 0.3 is 17.8 Å². The molecule has 0 amide bonds. The molecule has 2 heterocycles. The van der Waals surface area contributed by atoms with Crippen LogP contribution in [0.5, 0.6) is 0 Å². The van der Waals surface area contributed by atoms with Crippen LogP contribution in [-0.2, 0) is 4.79 Å². The lowest BCUT2D eigenvalue weighted by atomic mass is 9.86. The first-order valence-corrected chi connectivity index (χ1v) is 5.82. The predicted octanol–water partition coefficient (Wildman–Crippen LogP) is 1.83. The number of pyridine rings is 1. The first-order valence-electron chi connectivity index (χ1n) is 5.82. The van der Waals surface area contributed by atoms with E-state index in [0.717, 1.165) is 11.1 Å². The summed E-state index contributed by atoms with van der Waals surface area (Å²) < 4.78 is 39.2. The zero-order chi connectivity index (χ0) is 15.8. The van der Waals surface area contributed by atoms with Crippen molar-refractivity contribution in [1.82, 2.24) is 4.98 Å². The Balaban J connectivity index is 2.39. The molecule has 10 heteroatoms. The third-order valence-corrected chi connectivity index (χ3v) is 3.54. The number of nitro groups is 1. The van der Waals surface area contributed by atoms with E-state index in [1.165, 1.54) is 12.3 Å². The van der Waals surface area contributed by atoms with E-state index in [4.69, 9.17) is 5.11 Å². The van der Waals surface area contributed by atoms with Crippen LogP contribution in [0.25, 0.3) is 0 Å². The fourth-order valence-electron chi connectivity index (χ4n) is 2.33. The van der Waals surface area contributed by atoms with Crippen molar-refractivity contribution in [1.29, 1.82) is 0 Å². The van der Waals surface area contributed by atoms with Gasteiger partial charge in [-0.1, -0.05) is 0 Å². The molecule has 0 aliphatic carbocycles. The third-order valence-electron chi connectivity index (χ3n) is 3.54. The number of rotatable bonds is 3. The third kappa shape index (κ3) is 2.36. The molecule has 1 aromatic heterocycles. The lowest BCUT2D eigenvalue weighted by Crippen LogP contribution is -2.47. The number of hydrogen-bond donors (Lipinski definition) is 1. The summed E-state index contributed by atoms with van der Waals surface area (Å²) in [5, 5.41) is 19.8. The van der Waals surface area contributed by atoms with Crippen LogP contribution in [0.3, 0.4) is 0 Å². The van der Waals surface area contributed by atoms with Gasteiger partial charge in [0.25, 0.3) is 0 Å². The number of carbonyl (C=O) groups is 1. The van der Waals surface area contributed by atoms with E-state index < -0.39 is 41.1 Å². The van der Waals surface area contributed by atoms with Gasteiger partial charge in [0, 0.05) is 19.3 Å². The van der Waals surface area contributed by atoms with Crippen LogP contribution >= 0.6 is 0 Å². The Labute approximate surface area is 116 Å². The van der Waals surface area contributed by atoms with Crippen LogP contribution in [-0.4, -0.2) is 40.2 Å². The largest absolute Gasteiger partial charge is 0.481 e. The molecule has 1 aromatic rings. The fraction of sp³-hybridized carbons (Fsp3) is 0.455. The molecule has 1 atom stereocenters. The Morgan fingerprint density at radius 2 is 2.19 bits per heavy atom. The molecule has 0 spiro atoms. The number of nitrogens with zero attached hydrogens (tertiary/aromatic N) is 3. The van der Waals surface area contributed by atoms with Gasteiger partial charge in [0.2, 0.25) is 0 Å².